The number of ether oxygens (including phenoxy) is 7. The normalized spacial score (nSPS) is 15.0. The standard InChI is InChI=1S/C19H30O7.2C7H12O3/c1-14(2)17(20)23-11-6-10-22-16-8-5-9-25-19(16)26-13-7-12-24-18(21)15(3)4;2*1-6(2)7(9)10-5-3-4-8/h16,19H,1,3,5-13H2,2,4H3;2*8H,1,3-5H2,2H3. The summed E-state index contributed by atoms with van der Waals surface area (Å²) in [5, 5.41) is 16.6. The number of aliphatic hydroxyl groups excluding tert-OH is 2. The molecule has 1 rings (SSSR count). The van der Waals surface area contributed by atoms with Crippen LogP contribution in [0, 0.1) is 0 Å². The van der Waals surface area contributed by atoms with Crippen molar-refractivity contribution < 1.29 is 62.5 Å². The van der Waals surface area contributed by atoms with Crippen LogP contribution in [0.5, 0.6) is 0 Å². The van der Waals surface area contributed by atoms with E-state index in [0.29, 0.717) is 74.4 Å². The number of esters is 4. The van der Waals surface area contributed by atoms with E-state index in [9.17, 15) is 19.2 Å². The molecule has 0 saturated carbocycles. The Balaban J connectivity index is 0. The van der Waals surface area contributed by atoms with E-state index in [4.69, 9.17) is 33.9 Å². The summed E-state index contributed by atoms with van der Waals surface area (Å²) in [5.41, 5.74) is 1.54. The third kappa shape index (κ3) is 25.9. The fraction of sp³-hybridized carbons (Fsp3) is 0.636. The zero-order valence-corrected chi connectivity index (χ0v) is 28.0. The summed E-state index contributed by atoms with van der Waals surface area (Å²) < 4.78 is 36.4. The Hall–Kier alpha value is -3.36. The molecule has 1 aliphatic heterocycles. The Bertz CT molecular complexity index is 881. The summed E-state index contributed by atoms with van der Waals surface area (Å²) in [6.07, 6.45) is 3.31. The second kappa shape index (κ2) is 29.1. The number of carbonyl (C=O) groups excluding carboxylic acids is 4. The molecule has 2 atom stereocenters. The molecule has 0 aliphatic carbocycles. The van der Waals surface area contributed by atoms with Gasteiger partial charge in [-0.3, -0.25) is 0 Å². The largest absolute Gasteiger partial charge is 0.462 e. The molecule has 13 nitrogen and oxygen atoms in total. The molecule has 264 valence electrons. The van der Waals surface area contributed by atoms with Gasteiger partial charge in [0.2, 0.25) is 0 Å². The van der Waals surface area contributed by atoms with Crippen LogP contribution in [-0.4, -0.2) is 106 Å². The first-order chi connectivity index (χ1) is 21.8. The lowest BCUT2D eigenvalue weighted by molar-refractivity contribution is -0.228. The molecule has 13 heteroatoms. The maximum atomic E-state index is 11.3. The molecule has 0 spiro atoms. The van der Waals surface area contributed by atoms with Gasteiger partial charge < -0.3 is 43.4 Å². The van der Waals surface area contributed by atoms with Crippen LogP contribution < -0.4 is 0 Å². The van der Waals surface area contributed by atoms with Crippen molar-refractivity contribution in [3.63, 3.8) is 0 Å². The first kappa shape index (κ1) is 44.8. The summed E-state index contributed by atoms with van der Waals surface area (Å²) in [6, 6.07) is 0. The van der Waals surface area contributed by atoms with Gasteiger partial charge in [-0.25, -0.2) is 19.2 Å². The molecule has 2 unspecified atom stereocenters. The first-order valence-electron chi connectivity index (χ1n) is 15.1. The van der Waals surface area contributed by atoms with Gasteiger partial charge in [0.25, 0.3) is 0 Å². The molecule has 1 heterocycles. The van der Waals surface area contributed by atoms with E-state index in [1.807, 2.05) is 0 Å². The van der Waals surface area contributed by atoms with Gasteiger partial charge in [-0.05, 0) is 40.5 Å². The SMILES string of the molecule is C=C(C)C(=O)OCCCO.C=C(C)C(=O)OCCCO.C=C(C)C(=O)OCCCOC1CCCOC1OCCCOC(=O)C(=C)C. The monoisotopic (exact) mass is 658 g/mol. The topological polar surface area (TPSA) is 173 Å². The van der Waals surface area contributed by atoms with Crippen LogP contribution in [0.25, 0.3) is 0 Å². The number of carbonyl (C=O) groups is 4. The van der Waals surface area contributed by atoms with Crippen LogP contribution in [0.15, 0.2) is 48.6 Å². The van der Waals surface area contributed by atoms with Crippen LogP contribution >= 0.6 is 0 Å². The van der Waals surface area contributed by atoms with Gasteiger partial charge in [-0.2, -0.15) is 0 Å². The third-order valence-electron chi connectivity index (χ3n) is 5.34. The summed E-state index contributed by atoms with van der Waals surface area (Å²) in [7, 11) is 0. The predicted molar refractivity (Wildman–Crippen MR) is 170 cm³/mol. The van der Waals surface area contributed by atoms with Crippen molar-refractivity contribution >= 4 is 23.9 Å². The molecular weight excluding hydrogens is 604 g/mol. The summed E-state index contributed by atoms with van der Waals surface area (Å²) in [6.45, 7) is 22.9. The van der Waals surface area contributed by atoms with Crippen molar-refractivity contribution in [2.45, 2.75) is 78.6 Å². The van der Waals surface area contributed by atoms with E-state index in [0.717, 1.165) is 12.8 Å². The zero-order valence-electron chi connectivity index (χ0n) is 28.0. The maximum absolute atomic E-state index is 11.3. The molecule has 0 aromatic heterocycles. The minimum atomic E-state index is -0.432. The fourth-order valence-electron chi connectivity index (χ4n) is 2.88. The second-order valence-corrected chi connectivity index (χ2v) is 10.2. The third-order valence-corrected chi connectivity index (χ3v) is 5.34. The molecule has 46 heavy (non-hydrogen) atoms. The quantitative estimate of drug-likeness (QED) is 0.0843. The van der Waals surface area contributed by atoms with Crippen molar-refractivity contribution in [3.8, 4) is 0 Å². The van der Waals surface area contributed by atoms with Gasteiger partial charge in [0.1, 0.15) is 6.10 Å². The van der Waals surface area contributed by atoms with E-state index >= 15 is 0 Å². The summed E-state index contributed by atoms with van der Waals surface area (Å²) >= 11 is 0. The van der Waals surface area contributed by atoms with Crippen LogP contribution in [0.4, 0.5) is 0 Å². The van der Waals surface area contributed by atoms with E-state index in [1.165, 1.54) is 0 Å². The van der Waals surface area contributed by atoms with Crippen LogP contribution in [0.2, 0.25) is 0 Å². The molecule has 1 aliphatic rings. The van der Waals surface area contributed by atoms with Crippen LogP contribution in [0.1, 0.15) is 66.2 Å². The van der Waals surface area contributed by atoms with Gasteiger partial charge in [-0.15, -0.1) is 0 Å². The van der Waals surface area contributed by atoms with Gasteiger partial charge in [0, 0.05) is 67.8 Å². The molecule has 0 aromatic carbocycles. The van der Waals surface area contributed by atoms with Crippen molar-refractivity contribution in [2.75, 3.05) is 59.5 Å². The predicted octanol–water partition coefficient (Wildman–Crippen LogP) is 3.52. The van der Waals surface area contributed by atoms with Crippen molar-refractivity contribution in [1.82, 2.24) is 0 Å². The van der Waals surface area contributed by atoms with E-state index < -0.39 is 24.2 Å². The minimum absolute atomic E-state index is 0.0451. The highest BCUT2D eigenvalue weighted by Crippen LogP contribution is 2.19. The number of aliphatic hydroxyl groups is 2. The number of rotatable bonds is 20. The van der Waals surface area contributed by atoms with Gasteiger partial charge in [-0.1, -0.05) is 26.3 Å². The second-order valence-electron chi connectivity index (χ2n) is 10.2. The molecule has 0 aromatic rings. The molecule has 0 amide bonds. The lowest BCUT2D eigenvalue weighted by atomic mass is 10.1. The molecule has 0 radical (unpaired) electrons. The average molecular weight is 659 g/mol. The molecule has 0 bridgehead atoms. The first-order valence-corrected chi connectivity index (χ1v) is 15.1. The number of hydrogen-bond donors (Lipinski definition) is 2. The Kier molecular flexibility index (Phi) is 28.3. The van der Waals surface area contributed by atoms with E-state index in [1.54, 1.807) is 27.7 Å². The fourth-order valence-corrected chi connectivity index (χ4v) is 2.88. The molecule has 1 saturated heterocycles. The zero-order chi connectivity index (χ0) is 35.3. The van der Waals surface area contributed by atoms with Crippen LogP contribution in [-0.2, 0) is 52.3 Å². The van der Waals surface area contributed by atoms with Gasteiger partial charge >= 0.3 is 23.9 Å². The lowest BCUT2D eigenvalue weighted by Gasteiger charge is -2.31. The van der Waals surface area contributed by atoms with E-state index in [2.05, 4.69) is 35.8 Å². The molecule has 2 N–H and O–H groups in total. The Labute approximate surface area is 273 Å². The van der Waals surface area contributed by atoms with Crippen molar-refractivity contribution in [3.05, 3.63) is 48.6 Å². The summed E-state index contributed by atoms with van der Waals surface area (Å²) in [4.78, 5) is 43.8. The van der Waals surface area contributed by atoms with Gasteiger partial charge in [0.15, 0.2) is 6.29 Å². The Morgan fingerprint density at radius 1 is 0.587 bits per heavy atom. The Morgan fingerprint density at radius 2 is 0.935 bits per heavy atom. The van der Waals surface area contributed by atoms with Crippen LogP contribution in [0.3, 0.4) is 0 Å². The molecule has 1 fully saturated rings. The lowest BCUT2D eigenvalue weighted by Crippen LogP contribution is -2.39. The highest BCUT2D eigenvalue weighted by Gasteiger charge is 2.27. The number of hydrogen-bond acceptors (Lipinski definition) is 13. The van der Waals surface area contributed by atoms with Crippen molar-refractivity contribution in [1.29, 1.82) is 0 Å². The summed E-state index contributed by atoms with van der Waals surface area (Å²) in [5.74, 6) is -1.58. The highest BCUT2D eigenvalue weighted by atomic mass is 16.7. The van der Waals surface area contributed by atoms with Crippen molar-refractivity contribution in [2.24, 2.45) is 0 Å². The smallest absolute Gasteiger partial charge is 0.333 e. The minimum Gasteiger partial charge on any atom is -0.462 e. The highest BCUT2D eigenvalue weighted by molar-refractivity contribution is 5.88. The Morgan fingerprint density at radius 3 is 1.28 bits per heavy atom. The van der Waals surface area contributed by atoms with E-state index in [-0.39, 0.29) is 45.1 Å². The average Bonchev–Trinajstić information content (AvgIpc) is 3.01. The van der Waals surface area contributed by atoms with Gasteiger partial charge in [0.05, 0.1) is 39.6 Å². The molecular formula is C33H54O13. The maximum Gasteiger partial charge on any atom is 0.333 e.